The van der Waals surface area contributed by atoms with Crippen LogP contribution in [0.1, 0.15) is 17.2 Å². The maximum Gasteiger partial charge on any atom is 0.241 e. The molecule has 0 spiro atoms. The first kappa shape index (κ1) is 13.7. The molecular weight excluding hydrogens is 268 g/mol. The van der Waals surface area contributed by atoms with Crippen LogP contribution in [0.4, 0.5) is 0 Å². The molecule has 0 radical (unpaired) electrons. The second-order valence-electron chi connectivity index (χ2n) is 3.99. The van der Waals surface area contributed by atoms with Crippen LogP contribution in [0.2, 0.25) is 0 Å². The lowest BCUT2D eigenvalue weighted by Gasteiger charge is -2.05. The fourth-order valence-electron chi connectivity index (χ4n) is 1.50. The van der Waals surface area contributed by atoms with E-state index >= 15 is 0 Å². The van der Waals surface area contributed by atoms with Gasteiger partial charge in [-0.3, -0.25) is 0 Å². The van der Waals surface area contributed by atoms with Gasteiger partial charge in [-0.25, -0.2) is 18.1 Å². The summed E-state index contributed by atoms with van der Waals surface area (Å²) in [5, 5.41) is 8.90. The Kier molecular flexibility index (Phi) is 3.98. The van der Waals surface area contributed by atoms with Gasteiger partial charge in [0.05, 0.1) is 24.2 Å². The van der Waals surface area contributed by atoms with Crippen molar-refractivity contribution < 1.29 is 17.9 Å². The highest BCUT2D eigenvalue weighted by molar-refractivity contribution is 7.89. The molecule has 0 saturated heterocycles. The lowest BCUT2D eigenvalue weighted by atomic mass is 10.2. The molecule has 7 heteroatoms. The van der Waals surface area contributed by atoms with Crippen LogP contribution in [0.3, 0.4) is 0 Å². The third-order valence-electron chi connectivity index (χ3n) is 2.50. The molecule has 19 heavy (non-hydrogen) atoms. The Balaban J connectivity index is 2.09. The Labute approximate surface area is 111 Å². The van der Waals surface area contributed by atoms with Crippen LogP contribution >= 0.6 is 0 Å². The van der Waals surface area contributed by atoms with Gasteiger partial charge in [0, 0.05) is 0 Å². The van der Waals surface area contributed by atoms with E-state index in [9.17, 15) is 8.42 Å². The van der Waals surface area contributed by atoms with E-state index in [1.807, 2.05) is 0 Å². The van der Waals surface area contributed by atoms with Crippen LogP contribution in [0, 0.1) is 6.92 Å². The van der Waals surface area contributed by atoms with Crippen LogP contribution in [-0.2, 0) is 23.2 Å². The number of aryl methyl sites for hydroxylation is 1. The molecule has 0 aliphatic heterocycles. The number of aromatic nitrogens is 1. The Morgan fingerprint density at radius 3 is 2.53 bits per heavy atom. The highest BCUT2D eigenvalue weighted by Crippen LogP contribution is 2.11. The zero-order valence-corrected chi connectivity index (χ0v) is 11.1. The van der Waals surface area contributed by atoms with E-state index in [0.717, 1.165) is 0 Å². The molecule has 102 valence electrons. The molecule has 1 aromatic carbocycles. The third kappa shape index (κ3) is 3.40. The van der Waals surface area contributed by atoms with Gasteiger partial charge in [-0.1, -0.05) is 12.1 Å². The van der Waals surface area contributed by atoms with Crippen molar-refractivity contribution in [2.75, 3.05) is 0 Å². The summed E-state index contributed by atoms with van der Waals surface area (Å²) in [6.07, 6.45) is 1.53. The molecular formula is C12H14N2O4S. The van der Waals surface area contributed by atoms with Gasteiger partial charge in [-0.05, 0) is 24.6 Å². The Hall–Kier alpha value is -1.70. The smallest absolute Gasteiger partial charge is 0.241 e. The van der Waals surface area contributed by atoms with E-state index in [2.05, 4.69) is 9.71 Å². The van der Waals surface area contributed by atoms with Crippen molar-refractivity contribution in [2.24, 2.45) is 0 Å². The number of aliphatic hydroxyl groups excluding tert-OH is 1. The summed E-state index contributed by atoms with van der Waals surface area (Å²) in [7, 11) is -3.61. The maximum atomic E-state index is 12.0. The molecule has 0 bridgehead atoms. The maximum absolute atomic E-state index is 12.0. The molecule has 1 aromatic heterocycles. The van der Waals surface area contributed by atoms with Crippen molar-refractivity contribution in [3.8, 4) is 0 Å². The van der Waals surface area contributed by atoms with Gasteiger partial charge in [0.1, 0.15) is 5.76 Å². The number of rotatable bonds is 5. The number of hydrogen-bond acceptors (Lipinski definition) is 5. The van der Waals surface area contributed by atoms with Crippen molar-refractivity contribution in [2.45, 2.75) is 25.0 Å². The average molecular weight is 282 g/mol. The molecule has 0 amide bonds. The fourth-order valence-corrected chi connectivity index (χ4v) is 2.47. The Morgan fingerprint density at radius 1 is 1.32 bits per heavy atom. The first-order chi connectivity index (χ1) is 9.01. The molecule has 6 nitrogen and oxygen atoms in total. The predicted molar refractivity (Wildman–Crippen MR) is 67.6 cm³/mol. The first-order valence-corrected chi connectivity index (χ1v) is 7.10. The van der Waals surface area contributed by atoms with E-state index in [-0.39, 0.29) is 18.0 Å². The third-order valence-corrected chi connectivity index (χ3v) is 3.92. The van der Waals surface area contributed by atoms with Gasteiger partial charge in [0.15, 0.2) is 0 Å². The van der Waals surface area contributed by atoms with Crippen LogP contribution in [0.5, 0.6) is 0 Å². The van der Waals surface area contributed by atoms with Crippen molar-refractivity contribution in [3.63, 3.8) is 0 Å². The highest BCUT2D eigenvalue weighted by atomic mass is 32.2. The van der Waals surface area contributed by atoms with E-state index in [1.54, 1.807) is 19.1 Å². The van der Waals surface area contributed by atoms with Gasteiger partial charge in [-0.15, -0.1) is 0 Å². The quantitative estimate of drug-likeness (QED) is 0.852. The van der Waals surface area contributed by atoms with Crippen LogP contribution in [-0.4, -0.2) is 18.5 Å². The zero-order valence-electron chi connectivity index (χ0n) is 10.3. The van der Waals surface area contributed by atoms with Gasteiger partial charge in [0.25, 0.3) is 0 Å². The number of nitrogens with one attached hydrogen (secondary N) is 1. The normalized spacial score (nSPS) is 11.7. The SMILES string of the molecule is Cc1cnc(CNS(=O)(=O)c2ccc(CO)cc2)o1. The molecule has 0 aliphatic carbocycles. The lowest BCUT2D eigenvalue weighted by molar-refractivity contribution is 0.282. The van der Waals surface area contributed by atoms with Crippen molar-refractivity contribution in [3.05, 3.63) is 47.7 Å². The topological polar surface area (TPSA) is 92.4 Å². The minimum Gasteiger partial charge on any atom is -0.445 e. The summed E-state index contributed by atoms with van der Waals surface area (Å²) in [6.45, 7) is 1.61. The van der Waals surface area contributed by atoms with Gasteiger partial charge < -0.3 is 9.52 Å². The molecule has 2 N–H and O–H groups in total. The summed E-state index contributed by atoms with van der Waals surface area (Å²) in [6, 6.07) is 6.00. The van der Waals surface area contributed by atoms with Crippen LogP contribution < -0.4 is 4.72 Å². The number of sulfonamides is 1. The van der Waals surface area contributed by atoms with Crippen molar-refractivity contribution in [1.29, 1.82) is 0 Å². The monoisotopic (exact) mass is 282 g/mol. The number of hydrogen-bond donors (Lipinski definition) is 2. The molecule has 0 aliphatic rings. The van der Waals surface area contributed by atoms with E-state index in [1.165, 1.54) is 18.3 Å². The van der Waals surface area contributed by atoms with Crippen LogP contribution in [0.25, 0.3) is 0 Å². The van der Waals surface area contributed by atoms with Gasteiger partial charge in [-0.2, -0.15) is 0 Å². The zero-order chi connectivity index (χ0) is 13.9. The van der Waals surface area contributed by atoms with Crippen molar-refractivity contribution in [1.82, 2.24) is 9.71 Å². The lowest BCUT2D eigenvalue weighted by Crippen LogP contribution is -2.23. The van der Waals surface area contributed by atoms with Crippen molar-refractivity contribution >= 4 is 10.0 Å². The Morgan fingerprint density at radius 2 is 2.00 bits per heavy atom. The van der Waals surface area contributed by atoms with Gasteiger partial charge >= 0.3 is 0 Å². The average Bonchev–Trinajstić information content (AvgIpc) is 2.82. The number of aliphatic hydroxyl groups is 1. The standard InChI is InChI=1S/C12H14N2O4S/c1-9-6-13-12(18-9)7-14-19(16,17)11-4-2-10(8-15)3-5-11/h2-6,14-15H,7-8H2,1H3. The number of benzene rings is 1. The largest absolute Gasteiger partial charge is 0.445 e. The summed E-state index contributed by atoms with van der Waals surface area (Å²) >= 11 is 0. The fraction of sp³-hybridized carbons (Fsp3) is 0.250. The molecule has 0 saturated carbocycles. The second kappa shape index (κ2) is 5.52. The summed E-state index contributed by atoms with van der Waals surface area (Å²) in [5.74, 6) is 0.939. The number of nitrogens with zero attached hydrogens (tertiary/aromatic N) is 1. The molecule has 0 unspecified atom stereocenters. The molecule has 1 heterocycles. The number of oxazole rings is 1. The first-order valence-electron chi connectivity index (χ1n) is 5.62. The van der Waals surface area contributed by atoms with Gasteiger partial charge in [0.2, 0.25) is 15.9 Å². The van der Waals surface area contributed by atoms with E-state index < -0.39 is 10.0 Å². The predicted octanol–water partition coefficient (Wildman–Crippen LogP) is 0.954. The Bertz CT molecular complexity index is 647. The molecule has 2 rings (SSSR count). The minimum absolute atomic E-state index is 0.00206. The summed E-state index contributed by atoms with van der Waals surface area (Å²) in [5.41, 5.74) is 0.655. The molecule has 2 aromatic rings. The summed E-state index contributed by atoms with van der Waals surface area (Å²) < 4.78 is 31.5. The second-order valence-corrected chi connectivity index (χ2v) is 5.76. The minimum atomic E-state index is -3.61. The molecule has 0 atom stereocenters. The van der Waals surface area contributed by atoms with E-state index in [4.69, 9.17) is 9.52 Å². The molecule has 0 fully saturated rings. The van der Waals surface area contributed by atoms with E-state index in [0.29, 0.717) is 17.2 Å². The van der Waals surface area contributed by atoms with Crippen LogP contribution in [0.15, 0.2) is 39.8 Å². The highest BCUT2D eigenvalue weighted by Gasteiger charge is 2.14. The summed E-state index contributed by atoms with van der Waals surface area (Å²) in [4.78, 5) is 4.05.